The van der Waals surface area contributed by atoms with Crippen molar-refractivity contribution in [3.05, 3.63) is 77.9 Å². The molecule has 0 N–H and O–H groups in total. The van der Waals surface area contributed by atoms with Crippen molar-refractivity contribution < 1.29 is 0 Å². The molecule has 0 bridgehead atoms. The minimum Gasteiger partial charge on any atom is -0.261 e. The minimum atomic E-state index is 0.737. The molecule has 0 fully saturated rings. The van der Waals surface area contributed by atoms with Crippen molar-refractivity contribution in [3.63, 3.8) is 0 Å². The highest BCUT2D eigenvalue weighted by atomic mass is 14.8. The van der Waals surface area contributed by atoms with E-state index in [1.54, 1.807) is 6.20 Å². The zero-order valence-electron chi connectivity index (χ0n) is 11.3. The standard InChI is InChI=1S/C17H15N3/c1-13-6-4-9-16(19-13)17-10-5-8-15(20-17)12-14-7-2-3-11-18-14/h2-11H,12H2,1H3. The zero-order chi connectivity index (χ0) is 13.8. The van der Waals surface area contributed by atoms with E-state index in [9.17, 15) is 0 Å². The smallest absolute Gasteiger partial charge is 0.0889 e. The molecule has 0 aliphatic heterocycles. The van der Waals surface area contributed by atoms with E-state index < -0.39 is 0 Å². The molecule has 0 spiro atoms. The molecule has 0 radical (unpaired) electrons. The van der Waals surface area contributed by atoms with Gasteiger partial charge in [-0.2, -0.15) is 0 Å². The van der Waals surface area contributed by atoms with Gasteiger partial charge in [0.1, 0.15) is 0 Å². The summed E-state index contributed by atoms with van der Waals surface area (Å²) in [5, 5.41) is 0. The number of nitrogens with zero attached hydrogens (tertiary/aromatic N) is 3. The summed E-state index contributed by atoms with van der Waals surface area (Å²) in [4.78, 5) is 13.5. The molecule has 0 atom stereocenters. The van der Waals surface area contributed by atoms with Crippen LogP contribution in [0.1, 0.15) is 17.1 Å². The van der Waals surface area contributed by atoms with Crippen LogP contribution in [0.15, 0.2) is 60.8 Å². The molecule has 3 rings (SSSR count). The second-order valence-corrected chi connectivity index (χ2v) is 4.68. The van der Waals surface area contributed by atoms with Crippen LogP contribution in [0.4, 0.5) is 0 Å². The van der Waals surface area contributed by atoms with Gasteiger partial charge in [0.15, 0.2) is 0 Å². The van der Waals surface area contributed by atoms with Gasteiger partial charge in [0.05, 0.1) is 11.4 Å². The molecule has 0 aromatic carbocycles. The largest absolute Gasteiger partial charge is 0.261 e. The van der Waals surface area contributed by atoms with Gasteiger partial charge >= 0.3 is 0 Å². The summed E-state index contributed by atoms with van der Waals surface area (Å²) < 4.78 is 0. The van der Waals surface area contributed by atoms with Crippen molar-refractivity contribution in [2.24, 2.45) is 0 Å². The molecule has 3 aromatic rings. The first kappa shape index (κ1) is 12.5. The number of rotatable bonds is 3. The second-order valence-electron chi connectivity index (χ2n) is 4.68. The van der Waals surface area contributed by atoms with Crippen LogP contribution in [-0.2, 0) is 6.42 Å². The Bertz CT molecular complexity index is 708. The van der Waals surface area contributed by atoms with E-state index in [4.69, 9.17) is 0 Å². The summed E-state index contributed by atoms with van der Waals surface area (Å²) in [7, 11) is 0. The predicted molar refractivity (Wildman–Crippen MR) is 79.2 cm³/mol. The summed E-state index contributed by atoms with van der Waals surface area (Å²) in [6.45, 7) is 1.99. The summed E-state index contributed by atoms with van der Waals surface area (Å²) >= 11 is 0. The van der Waals surface area contributed by atoms with Crippen LogP contribution in [0.3, 0.4) is 0 Å². The molecule has 3 nitrogen and oxygen atoms in total. The predicted octanol–water partition coefficient (Wildman–Crippen LogP) is 3.44. The fourth-order valence-electron chi connectivity index (χ4n) is 2.09. The Morgan fingerprint density at radius 2 is 1.50 bits per heavy atom. The highest BCUT2D eigenvalue weighted by Crippen LogP contribution is 2.16. The maximum Gasteiger partial charge on any atom is 0.0889 e. The van der Waals surface area contributed by atoms with E-state index in [-0.39, 0.29) is 0 Å². The first-order valence-electron chi connectivity index (χ1n) is 6.61. The molecule has 0 aliphatic carbocycles. The Balaban J connectivity index is 1.90. The maximum absolute atomic E-state index is 4.68. The Labute approximate surface area is 118 Å². The van der Waals surface area contributed by atoms with Crippen LogP contribution in [0.2, 0.25) is 0 Å². The van der Waals surface area contributed by atoms with Gasteiger partial charge in [-0.25, -0.2) is 0 Å². The lowest BCUT2D eigenvalue weighted by molar-refractivity contribution is 1.01. The van der Waals surface area contributed by atoms with Gasteiger partial charge in [-0.05, 0) is 43.3 Å². The second kappa shape index (κ2) is 5.61. The first-order valence-corrected chi connectivity index (χ1v) is 6.61. The molecule has 3 aromatic heterocycles. The van der Waals surface area contributed by atoms with E-state index in [1.807, 2.05) is 61.5 Å². The van der Waals surface area contributed by atoms with Crippen LogP contribution >= 0.6 is 0 Å². The van der Waals surface area contributed by atoms with Crippen molar-refractivity contribution >= 4 is 0 Å². The Hall–Kier alpha value is -2.55. The Morgan fingerprint density at radius 3 is 2.25 bits per heavy atom. The molecular weight excluding hydrogens is 246 g/mol. The average molecular weight is 261 g/mol. The lowest BCUT2D eigenvalue weighted by Gasteiger charge is -2.05. The lowest BCUT2D eigenvalue weighted by Crippen LogP contribution is -1.97. The number of aryl methyl sites for hydroxylation is 1. The molecule has 98 valence electrons. The Kier molecular flexibility index (Phi) is 3.50. The van der Waals surface area contributed by atoms with E-state index in [0.717, 1.165) is 34.9 Å². The fraction of sp³-hybridized carbons (Fsp3) is 0.118. The first-order chi connectivity index (χ1) is 9.81. The van der Waals surface area contributed by atoms with Gasteiger partial charge < -0.3 is 0 Å². The third kappa shape index (κ3) is 2.88. The zero-order valence-corrected chi connectivity index (χ0v) is 11.3. The molecule has 0 saturated heterocycles. The highest BCUT2D eigenvalue weighted by Gasteiger charge is 2.04. The van der Waals surface area contributed by atoms with E-state index >= 15 is 0 Å². The number of hydrogen-bond donors (Lipinski definition) is 0. The monoisotopic (exact) mass is 261 g/mol. The van der Waals surface area contributed by atoms with E-state index in [2.05, 4.69) is 15.0 Å². The van der Waals surface area contributed by atoms with Crippen molar-refractivity contribution in [2.45, 2.75) is 13.3 Å². The number of pyridine rings is 3. The molecule has 0 aliphatic rings. The van der Waals surface area contributed by atoms with Gasteiger partial charge in [-0.1, -0.05) is 18.2 Å². The average Bonchev–Trinajstić information content (AvgIpc) is 2.49. The van der Waals surface area contributed by atoms with Crippen LogP contribution in [0.25, 0.3) is 11.4 Å². The number of aromatic nitrogens is 3. The van der Waals surface area contributed by atoms with Crippen molar-refractivity contribution in [1.82, 2.24) is 15.0 Å². The van der Waals surface area contributed by atoms with Gasteiger partial charge in [-0.3, -0.25) is 15.0 Å². The minimum absolute atomic E-state index is 0.737. The quantitative estimate of drug-likeness (QED) is 0.725. The number of hydrogen-bond acceptors (Lipinski definition) is 3. The molecular formula is C17H15N3. The summed E-state index contributed by atoms with van der Waals surface area (Å²) in [5.74, 6) is 0. The van der Waals surface area contributed by atoms with Crippen LogP contribution < -0.4 is 0 Å². The van der Waals surface area contributed by atoms with Crippen molar-refractivity contribution in [2.75, 3.05) is 0 Å². The van der Waals surface area contributed by atoms with Crippen LogP contribution in [0, 0.1) is 6.92 Å². The van der Waals surface area contributed by atoms with Gasteiger partial charge in [-0.15, -0.1) is 0 Å². The highest BCUT2D eigenvalue weighted by molar-refractivity contribution is 5.54. The molecule has 0 saturated carbocycles. The third-order valence-corrected chi connectivity index (χ3v) is 3.05. The fourth-order valence-corrected chi connectivity index (χ4v) is 2.09. The lowest BCUT2D eigenvalue weighted by atomic mass is 10.1. The molecule has 3 heterocycles. The normalized spacial score (nSPS) is 10.4. The Morgan fingerprint density at radius 1 is 0.750 bits per heavy atom. The van der Waals surface area contributed by atoms with Gasteiger partial charge in [0.2, 0.25) is 0 Å². The molecule has 0 unspecified atom stereocenters. The van der Waals surface area contributed by atoms with Gasteiger partial charge in [0, 0.05) is 29.7 Å². The van der Waals surface area contributed by atoms with Crippen molar-refractivity contribution in [3.8, 4) is 11.4 Å². The molecule has 3 heteroatoms. The summed E-state index contributed by atoms with van der Waals surface area (Å²) in [5.41, 5.74) is 4.84. The maximum atomic E-state index is 4.68. The van der Waals surface area contributed by atoms with Gasteiger partial charge in [0.25, 0.3) is 0 Å². The van der Waals surface area contributed by atoms with E-state index in [0.29, 0.717) is 0 Å². The topological polar surface area (TPSA) is 38.7 Å². The van der Waals surface area contributed by atoms with Crippen molar-refractivity contribution in [1.29, 1.82) is 0 Å². The molecule has 20 heavy (non-hydrogen) atoms. The summed E-state index contributed by atoms with van der Waals surface area (Å²) in [6, 6.07) is 17.9. The summed E-state index contributed by atoms with van der Waals surface area (Å²) in [6.07, 6.45) is 2.54. The van der Waals surface area contributed by atoms with Crippen LogP contribution in [0.5, 0.6) is 0 Å². The third-order valence-electron chi connectivity index (χ3n) is 3.05. The van der Waals surface area contributed by atoms with Crippen LogP contribution in [-0.4, -0.2) is 15.0 Å². The molecule has 0 amide bonds. The SMILES string of the molecule is Cc1cccc(-c2cccc(Cc3ccccn3)n2)n1. The van der Waals surface area contributed by atoms with E-state index in [1.165, 1.54) is 0 Å².